The van der Waals surface area contributed by atoms with Crippen LogP contribution in [0, 0.1) is 0 Å². The van der Waals surface area contributed by atoms with Gasteiger partial charge in [-0.1, -0.05) is 253 Å². The van der Waals surface area contributed by atoms with Crippen LogP contribution in [0.15, 0.2) is 97.2 Å². The number of hydrogen-bond acceptors (Lipinski definition) is 6. The third kappa shape index (κ3) is 57.2. The van der Waals surface area contributed by atoms with Gasteiger partial charge >= 0.3 is 17.9 Å². The van der Waals surface area contributed by atoms with Crippen molar-refractivity contribution in [3.05, 3.63) is 97.2 Å². The minimum atomic E-state index is -0.786. The Hall–Kier alpha value is -3.67. The molecule has 1 unspecified atom stereocenters. The molecule has 0 aliphatic carbocycles. The summed E-state index contributed by atoms with van der Waals surface area (Å²) in [5.74, 6) is -0.906. The molecule has 0 aliphatic rings. The molecule has 0 aromatic carbocycles. The molecule has 6 nitrogen and oxygen atoms in total. The Balaban J connectivity index is 4.12. The van der Waals surface area contributed by atoms with Crippen molar-refractivity contribution in [2.45, 2.75) is 290 Å². The standard InChI is InChI=1S/C66H112O6/c1-4-7-10-13-16-19-22-24-25-26-27-28-29-30-31-32-33-34-35-36-37-38-39-40-41-43-44-47-50-53-56-59-65(68)71-62-63(61-70-64(67)58-55-52-49-46-21-18-15-12-9-6-3)72-66(69)60-57-54-51-48-45-42-23-20-17-14-11-8-5-2/h7,10-12,14-16,19-20,23-25,27-28,30-31,63H,4-6,8-9,13,17-18,21-22,26,29,32-62H2,1-3H3/b10-7-,14-11-,15-12-,19-16-,23-20-,25-24-,28-27-,31-30-. The van der Waals surface area contributed by atoms with Crippen LogP contribution < -0.4 is 0 Å². The van der Waals surface area contributed by atoms with Crippen LogP contribution in [0.1, 0.15) is 284 Å². The molecule has 0 spiro atoms. The average molecular weight is 1000 g/mol. The van der Waals surface area contributed by atoms with Gasteiger partial charge in [0.2, 0.25) is 0 Å². The maximum atomic E-state index is 12.8. The molecule has 0 aliphatic heterocycles. The van der Waals surface area contributed by atoms with Crippen LogP contribution in [0.2, 0.25) is 0 Å². The first-order chi connectivity index (χ1) is 35.5. The average Bonchev–Trinajstić information content (AvgIpc) is 3.38. The monoisotopic (exact) mass is 1000 g/mol. The summed E-state index contributed by atoms with van der Waals surface area (Å²) in [6.45, 7) is 6.39. The Morgan fingerprint density at radius 1 is 0.292 bits per heavy atom. The fraction of sp³-hybridized carbons (Fsp3) is 0.712. The van der Waals surface area contributed by atoms with Gasteiger partial charge in [0.1, 0.15) is 13.2 Å². The zero-order chi connectivity index (χ0) is 52.2. The molecule has 0 N–H and O–H groups in total. The number of rotatable bonds is 54. The summed E-state index contributed by atoms with van der Waals surface area (Å²) in [4.78, 5) is 38.0. The number of allylic oxidation sites excluding steroid dienone is 16. The molecule has 6 heteroatoms. The van der Waals surface area contributed by atoms with Crippen LogP contribution in [0.25, 0.3) is 0 Å². The quantitative estimate of drug-likeness (QED) is 0.0261. The molecule has 0 aromatic rings. The highest BCUT2D eigenvalue weighted by molar-refractivity contribution is 5.71. The van der Waals surface area contributed by atoms with E-state index in [0.717, 1.165) is 135 Å². The molecular weight excluding hydrogens is 889 g/mol. The third-order valence-corrected chi connectivity index (χ3v) is 12.8. The zero-order valence-corrected chi connectivity index (χ0v) is 47.2. The van der Waals surface area contributed by atoms with E-state index in [2.05, 4.69) is 118 Å². The van der Waals surface area contributed by atoms with Gasteiger partial charge in [0.05, 0.1) is 0 Å². The number of unbranched alkanes of at least 4 members (excludes halogenated alkanes) is 27. The lowest BCUT2D eigenvalue weighted by Gasteiger charge is -2.18. The van der Waals surface area contributed by atoms with Gasteiger partial charge in [0.15, 0.2) is 6.10 Å². The van der Waals surface area contributed by atoms with Crippen LogP contribution in [-0.2, 0) is 28.6 Å². The van der Waals surface area contributed by atoms with E-state index in [0.29, 0.717) is 19.3 Å². The molecule has 0 rings (SSSR count). The van der Waals surface area contributed by atoms with E-state index in [1.54, 1.807) is 0 Å². The van der Waals surface area contributed by atoms with Crippen molar-refractivity contribution in [2.24, 2.45) is 0 Å². The summed E-state index contributed by atoms with van der Waals surface area (Å²) in [5.41, 5.74) is 0. The summed E-state index contributed by atoms with van der Waals surface area (Å²) in [5, 5.41) is 0. The summed E-state index contributed by atoms with van der Waals surface area (Å²) >= 11 is 0. The van der Waals surface area contributed by atoms with E-state index < -0.39 is 6.10 Å². The summed E-state index contributed by atoms with van der Waals surface area (Å²) in [6.07, 6.45) is 80.0. The third-order valence-electron chi connectivity index (χ3n) is 12.8. The van der Waals surface area contributed by atoms with Gasteiger partial charge in [-0.05, 0) is 109 Å². The van der Waals surface area contributed by atoms with Crippen LogP contribution in [0.5, 0.6) is 0 Å². The lowest BCUT2D eigenvalue weighted by Crippen LogP contribution is -2.30. The normalized spacial score (nSPS) is 12.8. The lowest BCUT2D eigenvalue weighted by molar-refractivity contribution is -0.167. The van der Waals surface area contributed by atoms with Gasteiger partial charge in [-0.25, -0.2) is 0 Å². The first-order valence-electron chi connectivity index (χ1n) is 30.2. The molecular formula is C66H112O6. The predicted octanol–water partition coefficient (Wildman–Crippen LogP) is 20.5. The first kappa shape index (κ1) is 68.3. The second kappa shape index (κ2) is 59.9. The van der Waals surface area contributed by atoms with Crippen LogP contribution in [0.3, 0.4) is 0 Å². The molecule has 0 heterocycles. The zero-order valence-electron chi connectivity index (χ0n) is 47.2. The first-order valence-corrected chi connectivity index (χ1v) is 30.2. The summed E-state index contributed by atoms with van der Waals surface area (Å²) < 4.78 is 16.8. The molecule has 0 fully saturated rings. The van der Waals surface area contributed by atoms with Crippen molar-refractivity contribution in [2.75, 3.05) is 13.2 Å². The fourth-order valence-electron chi connectivity index (χ4n) is 8.27. The molecule has 72 heavy (non-hydrogen) atoms. The predicted molar refractivity (Wildman–Crippen MR) is 311 cm³/mol. The largest absolute Gasteiger partial charge is 0.462 e. The number of carbonyl (C=O) groups is 3. The van der Waals surface area contributed by atoms with Crippen LogP contribution >= 0.6 is 0 Å². The Morgan fingerprint density at radius 2 is 0.542 bits per heavy atom. The molecule has 0 bridgehead atoms. The lowest BCUT2D eigenvalue weighted by atomic mass is 10.0. The minimum absolute atomic E-state index is 0.0844. The number of ether oxygens (including phenoxy) is 3. The minimum Gasteiger partial charge on any atom is -0.462 e. The van der Waals surface area contributed by atoms with Crippen molar-refractivity contribution in [3.8, 4) is 0 Å². The van der Waals surface area contributed by atoms with Crippen molar-refractivity contribution >= 4 is 17.9 Å². The van der Waals surface area contributed by atoms with Gasteiger partial charge < -0.3 is 14.2 Å². The smallest absolute Gasteiger partial charge is 0.306 e. The molecule has 1 atom stereocenters. The van der Waals surface area contributed by atoms with Crippen molar-refractivity contribution in [1.82, 2.24) is 0 Å². The maximum Gasteiger partial charge on any atom is 0.306 e. The van der Waals surface area contributed by atoms with E-state index in [1.165, 1.54) is 109 Å². The topological polar surface area (TPSA) is 78.9 Å². The summed E-state index contributed by atoms with van der Waals surface area (Å²) in [7, 11) is 0. The van der Waals surface area contributed by atoms with Crippen molar-refractivity contribution in [1.29, 1.82) is 0 Å². The molecule has 0 radical (unpaired) electrons. The van der Waals surface area contributed by atoms with E-state index in [1.807, 2.05) is 0 Å². The highest BCUT2D eigenvalue weighted by Crippen LogP contribution is 2.16. The SMILES string of the molecule is CC/C=C\C/C=C\C/C=C\C/C=C\C/C=C\CCCCCCCCCCCCCCCCCC(=O)OCC(COC(=O)CCCCCCC/C=C\CCC)OC(=O)CCCCCCC/C=C\C/C=C\CCC. The second-order valence-corrected chi connectivity index (χ2v) is 19.9. The van der Waals surface area contributed by atoms with Gasteiger partial charge in [-0.3, -0.25) is 14.4 Å². The Labute approximate surface area is 445 Å². The maximum absolute atomic E-state index is 12.8. The number of esters is 3. The van der Waals surface area contributed by atoms with Crippen molar-refractivity contribution < 1.29 is 28.6 Å². The van der Waals surface area contributed by atoms with Gasteiger partial charge in [0, 0.05) is 19.3 Å². The van der Waals surface area contributed by atoms with Crippen LogP contribution in [-0.4, -0.2) is 37.2 Å². The van der Waals surface area contributed by atoms with E-state index in [-0.39, 0.29) is 31.1 Å². The fourth-order valence-corrected chi connectivity index (χ4v) is 8.27. The Kier molecular flexibility index (Phi) is 56.8. The van der Waals surface area contributed by atoms with Gasteiger partial charge in [-0.15, -0.1) is 0 Å². The molecule has 0 saturated carbocycles. The van der Waals surface area contributed by atoms with E-state index >= 15 is 0 Å². The molecule has 0 aromatic heterocycles. The summed E-state index contributed by atoms with van der Waals surface area (Å²) in [6, 6.07) is 0. The highest BCUT2D eigenvalue weighted by Gasteiger charge is 2.19. The molecule has 412 valence electrons. The van der Waals surface area contributed by atoms with Crippen molar-refractivity contribution in [3.63, 3.8) is 0 Å². The molecule has 0 amide bonds. The number of hydrogen-bond donors (Lipinski definition) is 0. The Morgan fingerprint density at radius 3 is 0.875 bits per heavy atom. The second-order valence-electron chi connectivity index (χ2n) is 19.9. The van der Waals surface area contributed by atoms with Gasteiger partial charge in [0.25, 0.3) is 0 Å². The number of carbonyl (C=O) groups excluding carboxylic acids is 3. The van der Waals surface area contributed by atoms with Gasteiger partial charge in [-0.2, -0.15) is 0 Å². The molecule has 0 saturated heterocycles. The Bertz CT molecular complexity index is 1430. The van der Waals surface area contributed by atoms with Crippen LogP contribution in [0.4, 0.5) is 0 Å². The van der Waals surface area contributed by atoms with E-state index in [4.69, 9.17) is 14.2 Å². The highest BCUT2D eigenvalue weighted by atomic mass is 16.6. The van der Waals surface area contributed by atoms with E-state index in [9.17, 15) is 14.4 Å².